The molecular weight excluding hydrogens is 292 g/mol. The van der Waals surface area contributed by atoms with Crippen LogP contribution in [-0.4, -0.2) is 15.6 Å². The molecule has 1 aromatic carbocycles. The van der Waals surface area contributed by atoms with Crippen molar-refractivity contribution >= 4 is 15.9 Å². The fourth-order valence-electron chi connectivity index (χ4n) is 2.03. The SMILES string of the molecule is CC(N)C(c1ccccc1Br)n1ccnc1C#N. The molecule has 2 aromatic rings. The Labute approximate surface area is 114 Å². The molecule has 0 aliphatic carbocycles. The van der Waals surface area contributed by atoms with Gasteiger partial charge in [0.1, 0.15) is 6.07 Å². The van der Waals surface area contributed by atoms with Crippen molar-refractivity contribution in [2.45, 2.75) is 19.0 Å². The molecule has 0 saturated heterocycles. The second-order valence-electron chi connectivity index (χ2n) is 4.10. The molecule has 92 valence electrons. The fraction of sp³-hybridized carbons (Fsp3) is 0.231. The summed E-state index contributed by atoms with van der Waals surface area (Å²) < 4.78 is 2.79. The molecule has 2 atom stereocenters. The number of nitrogens with two attached hydrogens (primary N) is 1. The molecule has 2 rings (SSSR count). The van der Waals surface area contributed by atoms with Crippen LogP contribution >= 0.6 is 15.9 Å². The summed E-state index contributed by atoms with van der Waals surface area (Å²) in [5, 5.41) is 9.07. The predicted octanol–water partition coefficient (Wildman–Crippen LogP) is 2.45. The lowest BCUT2D eigenvalue weighted by atomic mass is 10.0. The number of nitriles is 1. The van der Waals surface area contributed by atoms with Crippen LogP contribution in [0.4, 0.5) is 0 Å². The maximum Gasteiger partial charge on any atom is 0.213 e. The molecule has 0 bridgehead atoms. The summed E-state index contributed by atoms with van der Waals surface area (Å²) in [5.74, 6) is 0.369. The van der Waals surface area contributed by atoms with E-state index in [0.717, 1.165) is 10.0 Å². The average Bonchev–Trinajstić information content (AvgIpc) is 2.79. The number of benzene rings is 1. The Balaban J connectivity index is 2.55. The van der Waals surface area contributed by atoms with Gasteiger partial charge in [-0.2, -0.15) is 5.26 Å². The maximum atomic E-state index is 9.07. The number of hydrogen-bond donors (Lipinski definition) is 1. The van der Waals surface area contributed by atoms with Gasteiger partial charge in [0, 0.05) is 22.9 Å². The minimum atomic E-state index is -0.134. The normalized spacial score (nSPS) is 13.9. The van der Waals surface area contributed by atoms with Crippen LogP contribution in [0.3, 0.4) is 0 Å². The van der Waals surface area contributed by atoms with Crippen molar-refractivity contribution in [2.24, 2.45) is 5.73 Å². The van der Waals surface area contributed by atoms with Gasteiger partial charge >= 0.3 is 0 Å². The number of rotatable bonds is 3. The molecule has 1 heterocycles. The van der Waals surface area contributed by atoms with Crippen LogP contribution < -0.4 is 5.73 Å². The summed E-state index contributed by atoms with van der Waals surface area (Å²) in [6.45, 7) is 1.92. The van der Waals surface area contributed by atoms with Crippen LogP contribution in [0.15, 0.2) is 41.1 Å². The first kappa shape index (κ1) is 12.8. The van der Waals surface area contributed by atoms with Crippen molar-refractivity contribution in [1.29, 1.82) is 5.26 Å². The molecule has 0 radical (unpaired) electrons. The molecule has 0 fully saturated rings. The van der Waals surface area contributed by atoms with Crippen molar-refractivity contribution in [1.82, 2.24) is 9.55 Å². The van der Waals surface area contributed by atoms with Gasteiger partial charge in [-0.1, -0.05) is 34.1 Å². The van der Waals surface area contributed by atoms with Gasteiger partial charge in [0.2, 0.25) is 5.82 Å². The van der Waals surface area contributed by atoms with Crippen molar-refractivity contribution in [2.75, 3.05) is 0 Å². The second kappa shape index (κ2) is 5.34. The van der Waals surface area contributed by atoms with Crippen LogP contribution in [0.2, 0.25) is 0 Å². The van der Waals surface area contributed by atoms with Gasteiger partial charge in [0.25, 0.3) is 0 Å². The Morgan fingerprint density at radius 3 is 2.78 bits per heavy atom. The highest BCUT2D eigenvalue weighted by Crippen LogP contribution is 2.28. The monoisotopic (exact) mass is 304 g/mol. The Kier molecular flexibility index (Phi) is 3.80. The van der Waals surface area contributed by atoms with Gasteiger partial charge in [-0.25, -0.2) is 4.98 Å². The molecular formula is C13H13BrN4. The molecule has 18 heavy (non-hydrogen) atoms. The summed E-state index contributed by atoms with van der Waals surface area (Å²) in [6, 6.07) is 9.71. The summed E-state index contributed by atoms with van der Waals surface area (Å²) in [4.78, 5) is 4.02. The van der Waals surface area contributed by atoms with E-state index in [4.69, 9.17) is 11.0 Å². The van der Waals surface area contributed by atoms with Gasteiger partial charge < -0.3 is 10.3 Å². The first-order valence-electron chi connectivity index (χ1n) is 5.58. The average molecular weight is 305 g/mol. The maximum absolute atomic E-state index is 9.07. The zero-order chi connectivity index (χ0) is 13.1. The number of nitrogens with zero attached hydrogens (tertiary/aromatic N) is 3. The highest BCUT2D eigenvalue weighted by atomic mass is 79.9. The third kappa shape index (κ3) is 2.30. The molecule has 0 aliphatic heterocycles. The summed E-state index contributed by atoms with van der Waals surface area (Å²) >= 11 is 3.53. The lowest BCUT2D eigenvalue weighted by molar-refractivity contribution is 0.490. The zero-order valence-corrected chi connectivity index (χ0v) is 11.5. The Bertz CT molecular complexity index is 581. The largest absolute Gasteiger partial charge is 0.326 e. The van der Waals surface area contributed by atoms with Crippen molar-refractivity contribution in [3.8, 4) is 6.07 Å². The van der Waals surface area contributed by atoms with Crippen molar-refractivity contribution in [3.63, 3.8) is 0 Å². The van der Waals surface area contributed by atoms with Gasteiger partial charge in [-0.3, -0.25) is 0 Å². The summed E-state index contributed by atoms with van der Waals surface area (Å²) in [7, 11) is 0. The number of hydrogen-bond acceptors (Lipinski definition) is 3. The van der Waals surface area contributed by atoms with Crippen LogP contribution in [0.1, 0.15) is 24.4 Å². The van der Waals surface area contributed by atoms with E-state index in [0.29, 0.717) is 5.82 Å². The molecule has 0 amide bonds. The molecule has 0 aliphatic rings. The van der Waals surface area contributed by atoms with E-state index in [1.807, 2.05) is 35.8 Å². The summed E-state index contributed by atoms with van der Waals surface area (Å²) in [5.41, 5.74) is 7.12. The van der Waals surface area contributed by atoms with Crippen molar-refractivity contribution in [3.05, 3.63) is 52.5 Å². The fourth-order valence-corrected chi connectivity index (χ4v) is 2.54. The van der Waals surface area contributed by atoms with Gasteiger partial charge in [-0.05, 0) is 18.6 Å². The minimum absolute atomic E-state index is 0.113. The zero-order valence-electron chi connectivity index (χ0n) is 9.92. The molecule has 2 unspecified atom stereocenters. The van der Waals surface area contributed by atoms with E-state index in [1.165, 1.54) is 0 Å². The Morgan fingerprint density at radius 2 is 2.17 bits per heavy atom. The topological polar surface area (TPSA) is 67.6 Å². The minimum Gasteiger partial charge on any atom is -0.326 e. The molecule has 0 saturated carbocycles. The number of aromatic nitrogens is 2. The van der Waals surface area contributed by atoms with Crippen LogP contribution in [-0.2, 0) is 0 Å². The number of halogens is 1. The predicted molar refractivity (Wildman–Crippen MR) is 72.9 cm³/mol. The molecule has 5 heteroatoms. The second-order valence-corrected chi connectivity index (χ2v) is 4.95. The Hall–Kier alpha value is -1.64. The van der Waals surface area contributed by atoms with E-state index in [2.05, 4.69) is 27.0 Å². The Morgan fingerprint density at radius 1 is 1.44 bits per heavy atom. The van der Waals surface area contributed by atoms with E-state index >= 15 is 0 Å². The van der Waals surface area contributed by atoms with E-state index in [1.54, 1.807) is 12.4 Å². The van der Waals surface area contributed by atoms with E-state index in [-0.39, 0.29) is 12.1 Å². The number of imidazole rings is 1. The summed E-state index contributed by atoms with van der Waals surface area (Å²) in [6.07, 6.45) is 3.40. The quantitative estimate of drug-likeness (QED) is 0.947. The van der Waals surface area contributed by atoms with Crippen LogP contribution in [0.5, 0.6) is 0 Å². The van der Waals surface area contributed by atoms with E-state index < -0.39 is 0 Å². The highest BCUT2D eigenvalue weighted by Gasteiger charge is 2.22. The van der Waals surface area contributed by atoms with Gasteiger partial charge in [-0.15, -0.1) is 0 Å². The first-order chi connectivity index (χ1) is 8.65. The molecule has 2 N–H and O–H groups in total. The molecule has 4 nitrogen and oxygen atoms in total. The third-order valence-corrected chi connectivity index (χ3v) is 3.51. The highest BCUT2D eigenvalue weighted by molar-refractivity contribution is 9.10. The standard InChI is InChI=1S/C13H13BrN4/c1-9(16)13(10-4-2-3-5-11(10)14)18-7-6-17-12(18)8-15/h2-7,9,13H,16H2,1H3. The smallest absolute Gasteiger partial charge is 0.213 e. The molecule has 1 aromatic heterocycles. The van der Waals surface area contributed by atoms with Crippen molar-refractivity contribution < 1.29 is 0 Å². The van der Waals surface area contributed by atoms with Crippen LogP contribution in [0.25, 0.3) is 0 Å². The van der Waals surface area contributed by atoms with Crippen LogP contribution in [0, 0.1) is 11.3 Å². The van der Waals surface area contributed by atoms with Gasteiger partial charge in [0.15, 0.2) is 0 Å². The van der Waals surface area contributed by atoms with E-state index in [9.17, 15) is 0 Å². The molecule has 0 spiro atoms. The lowest BCUT2D eigenvalue weighted by Crippen LogP contribution is -2.31. The third-order valence-electron chi connectivity index (χ3n) is 2.79. The first-order valence-corrected chi connectivity index (χ1v) is 6.37. The lowest BCUT2D eigenvalue weighted by Gasteiger charge is -2.24. The van der Waals surface area contributed by atoms with Gasteiger partial charge in [0.05, 0.1) is 6.04 Å².